The van der Waals surface area contributed by atoms with Gasteiger partial charge < -0.3 is 14.7 Å². The molecular formula is C31H27FN2O4. The number of aliphatic hydroxyl groups excluding tert-OH is 1. The molecule has 192 valence electrons. The Bertz CT molecular complexity index is 1400. The van der Waals surface area contributed by atoms with Crippen LogP contribution in [0.25, 0.3) is 0 Å². The first-order valence-corrected chi connectivity index (χ1v) is 12.5. The summed E-state index contributed by atoms with van der Waals surface area (Å²) in [5.41, 5.74) is 2.09. The van der Waals surface area contributed by atoms with Crippen LogP contribution < -0.4 is 4.74 Å². The normalized spacial score (nSPS) is 13.5. The average molecular weight is 511 g/mol. The molecule has 0 bridgehead atoms. The SMILES string of the molecule is O=C(c1ccccc1)C(O)c1ccc(CN(CC2CC2)C(=O)c2ccc(Oc3ccccc3F)cn2)cc1. The van der Waals surface area contributed by atoms with Crippen molar-refractivity contribution in [1.82, 2.24) is 9.88 Å². The van der Waals surface area contributed by atoms with Gasteiger partial charge in [0.05, 0.1) is 6.20 Å². The highest BCUT2D eigenvalue weighted by molar-refractivity contribution is 5.99. The molecule has 1 aliphatic rings. The molecule has 3 aromatic carbocycles. The van der Waals surface area contributed by atoms with Gasteiger partial charge in [-0.15, -0.1) is 0 Å². The van der Waals surface area contributed by atoms with Gasteiger partial charge in [-0.2, -0.15) is 0 Å². The molecule has 0 saturated heterocycles. The van der Waals surface area contributed by atoms with E-state index in [-0.39, 0.29) is 23.1 Å². The van der Waals surface area contributed by atoms with Crippen molar-refractivity contribution in [2.24, 2.45) is 5.92 Å². The van der Waals surface area contributed by atoms with Crippen LogP contribution in [0.4, 0.5) is 4.39 Å². The summed E-state index contributed by atoms with van der Waals surface area (Å²) in [6.45, 7) is 0.984. The molecule has 4 aromatic rings. The van der Waals surface area contributed by atoms with E-state index in [0.717, 1.165) is 18.4 Å². The van der Waals surface area contributed by atoms with Crippen molar-refractivity contribution in [2.75, 3.05) is 6.54 Å². The van der Waals surface area contributed by atoms with Crippen LogP contribution in [0.15, 0.2) is 97.2 Å². The van der Waals surface area contributed by atoms with Gasteiger partial charge in [-0.25, -0.2) is 9.37 Å². The summed E-state index contributed by atoms with van der Waals surface area (Å²) >= 11 is 0. The number of aromatic nitrogens is 1. The number of para-hydroxylation sites is 1. The molecule has 0 radical (unpaired) electrons. The number of ketones is 1. The predicted octanol–water partition coefficient (Wildman–Crippen LogP) is 5.98. The van der Waals surface area contributed by atoms with Gasteiger partial charge in [0.15, 0.2) is 17.3 Å². The second-order valence-electron chi connectivity index (χ2n) is 9.42. The minimum atomic E-state index is -1.26. The number of hydrogen-bond acceptors (Lipinski definition) is 5. The molecule has 1 N–H and O–H groups in total. The zero-order valence-corrected chi connectivity index (χ0v) is 20.7. The maximum atomic E-state index is 13.9. The molecule has 1 amide bonds. The lowest BCUT2D eigenvalue weighted by molar-refractivity contribution is 0.0728. The molecule has 1 saturated carbocycles. The van der Waals surface area contributed by atoms with Crippen molar-refractivity contribution in [2.45, 2.75) is 25.5 Å². The minimum absolute atomic E-state index is 0.0859. The number of nitrogens with zero attached hydrogens (tertiary/aromatic N) is 2. The Hall–Kier alpha value is -4.36. The highest BCUT2D eigenvalue weighted by atomic mass is 19.1. The lowest BCUT2D eigenvalue weighted by Crippen LogP contribution is -2.33. The zero-order valence-electron chi connectivity index (χ0n) is 20.7. The molecule has 1 fully saturated rings. The lowest BCUT2D eigenvalue weighted by atomic mass is 9.99. The van der Waals surface area contributed by atoms with Crippen molar-refractivity contribution < 1.29 is 23.8 Å². The first kappa shape index (κ1) is 25.3. The largest absolute Gasteiger partial charge is 0.453 e. The standard InChI is InChI=1S/C31H27FN2O4/c32-26-8-4-5-9-28(26)38-25-16-17-27(33-18-25)31(37)34(19-21-10-11-21)20-22-12-14-24(15-13-22)30(36)29(35)23-6-2-1-3-7-23/h1-9,12-18,21,30,36H,10-11,19-20H2. The lowest BCUT2D eigenvalue weighted by Gasteiger charge is -2.23. The Labute approximate surface area is 220 Å². The van der Waals surface area contributed by atoms with E-state index in [0.29, 0.717) is 35.9 Å². The number of hydrogen-bond donors (Lipinski definition) is 1. The topological polar surface area (TPSA) is 79.7 Å². The number of benzene rings is 3. The zero-order chi connectivity index (χ0) is 26.5. The maximum Gasteiger partial charge on any atom is 0.272 e. The number of aliphatic hydroxyl groups is 1. The third-order valence-electron chi connectivity index (χ3n) is 6.46. The Morgan fingerprint density at radius 1 is 0.947 bits per heavy atom. The Morgan fingerprint density at radius 2 is 1.66 bits per heavy atom. The van der Waals surface area contributed by atoms with E-state index in [1.165, 1.54) is 18.3 Å². The molecule has 0 aliphatic heterocycles. The predicted molar refractivity (Wildman–Crippen MR) is 140 cm³/mol. The molecule has 38 heavy (non-hydrogen) atoms. The molecular weight excluding hydrogens is 483 g/mol. The Kier molecular flexibility index (Phi) is 7.56. The molecule has 1 atom stereocenters. The second-order valence-corrected chi connectivity index (χ2v) is 9.42. The van der Waals surface area contributed by atoms with E-state index in [2.05, 4.69) is 4.98 Å². The van der Waals surface area contributed by atoms with Gasteiger partial charge in [0.25, 0.3) is 5.91 Å². The third kappa shape index (κ3) is 6.12. The number of halogens is 1. The fourth-order valence-corrected chi connectivity index (χ4v) is 4.15. The Morgan fingerprint density at radius 3 is 2.32 bits per heavy atom. The monoisotopic (exact) mass is 510 g/mol. The summed E-state index contributed by atoms with van der Waals surface area (Å²) in [6.07, 6.45) is 2.32. The van der Waals surface area contributed by atoms with Gasteiger partial charge in [0.1, 0.15) is 17.5 Å². The molecule has 1 unspecified atom stereocenters. The van der Waals surface area contributed by atoms with Crippen molar-refractivity contribution in [3.8, 4) is 11.5 Å². The maximum absolute atomic E-state index is 13.9. The van der Waals surface area contributed by atoms with Gasteiger partial charge in [0, 0.05) is 18.7 Å². The van der Waals surface area contributed by atoms with Crippen molar-refractivity contribution in [3.05, 3.63) is 125 Å². The van der Waals surface area contributed by atoms with E-state index in [1.807, 2.05) is 18.2 Å². The van der Waals surface area contributed by atoms with E-state index in [1.54, 1.807) is 65.6 Å². The molecule has 1 heterocycles. The first-order chi connectivity index (χ1) is 18.5. The van der Waals surface area contributed by atoms with Crippen LogP contribution in [-0.4, -0.2) is 33.2 Å². The van der Waals surface area contributed by atoms with Gasteiger partial charge in [0.2, 0.25) is 0 Å². The quantitative estimate of drug-likeness (QED) is 0.266. The molecule has 1 aromatic heterocycles. The molecule has 7 heteroatoms. The highest BCUT2D eigenvalue weighted by Gasteiger charge is 2.28. The molecule has 0 spiro atoms. The van der Waals surface area contributed by atoms with E-state index >= 15 is 0 Å². The molecule has 5 rings (SSSR count). The molecule has 6 nitrogen and oxygen atoms in total. The van der Waals surface area contributed by atoms with Gasteiger partial charge in [-0.1, -0.05) is 66.7 Å². The summed E-state index contributed by atoms with van der Waals surface area (Å²) in [7, 11) is 0. The average Bonchev–Trinajstić information content (AvgIpc) is 3.78. The third-order valence-corrected chi connectivity index (χ3v) is 6.46. The second kappa shape index (κ2) is 11.4. The fraction of sp³-hybridized carbons (Fsp3) is 0.194. The van der Waals surface area contributed by atoms with Crippen LogP contribution in [0.2, 0.25) is 0 Å². The van der Waals surface area contributed by atoms with Crippen LogP contribution in [0.5, 0.6) is 11.5 Å². The van der Waals surface area contributed by atoms with E-state index in [9.17, 15) is 19.1 Å². The number of ether oxygens (including phenoxy) is 1. The van der Waals surface area contributed by atoms with Crippen molar-refractivity contribution >= 4 is 11.7 Å². The van der Waals surface area contributed by atoms with Crippen molar-refractivity contribution in [3.63, 3.8) is 0 Å². The molecule has 1 aliphatic carbocycles. The minimum Gasteiger partial charge on any atom is -0.453 e. The number of carbonyl (C=O) groups is 2. The smallest absolute Gasteiger partial charge is 0.272 e. The van der Waals surface area contributed by atoms with Gasteiger partial charge in [-0.05, 0) is 54.2 Å². The van der Waals surface area contributed by atoms with Crippen molar-refractivity contribution in [1.29, 1.82) is 0 Å². The first-order valence-electron chi connectivity index (χ1n) is 12.5. The summed E-state index contributed by atoms with van der Waals surface area (Å²) in [5.74, 6) is -0.170. The van der Waals surface area contributed by atoms with Gasteiger partial charge in [-0.3, -0.25) is 9.59 Å². The van der Waals surface area contributed by atoms with Crippen LogP contribution in [0.3, 0.4) is 0 Å². The Balaban J connectivity index is 1.26. The number of pyridine rings is 1. The summed E-state index contributed by atoms with van der Waals surface area (Å²) in [4.78, 5) is 32.0. The van der Waals surface area contributed by atoms with Crippen LogP contribution in [0, 0.1) is 11.7 Å². The fourth-order valence-electron chi connectivity index (χ4n) is 4.15. The summed E-state index contributed by atoms with van der Waals surface area (Å²) in [5, 5.41) is 10.6. The van der Waals surface area contributed by atoms with Crippen LogP contribution in [-0.2, 0) is 6.54 Å². The van der Waals surface area contributed by atoms with Gasteiger partial charge >= 0.3 is 0 Å². The highest BCUT2D eigenvalue weighted by Crippen LogP contribution is 2.31. The number of rotatable bonds is 10. The van der Waals surface area contributed by atoms with Crippen LogP contribution >= 0.6 is 0 Å². The number of amides is 1. The summed E-state index contributed by atoms with van der Waals surface area (Å²) in [6, 6.07) is 25.0. The summed E-state index contributed by atoms with van der Waals surface area (Å²) < 4.78 is 19.4. The van der Waals surface area contributed by atoms with E-state index in [4.69, 9.17) is 4.74 Å². The van der Waals surface area contributed by atoms with Crippen LogP contribution in [0.1, 0.15) is 50.9 Å². The number of Topliss-reactive ketones (excluding diaryl/α,β-unsaturated/α-hetero) is 1. The van der Waals surface area contributed by atoms with E-state index < -0.39 is 11.9 Å². The number of carbonyl (C=O) groups excluding carboxylic acids is 2.